The third-order valence-electron chi connectivity index (χ3n) is 3.81. The number of nitrogens with one attached hydrogen (secondary N) is 1. The first-order valence-corrected chi connectivity index (χ1v) is 7.62. The number of benzene rings is 1. The Labute approximate surface area is 128 Å². The lowest BCUT2D eigenvalue weighted by Gasteiger charge is -2.20. The van der Waals surface area contributed by atoms with Crippen molar-refractivity contribution >= 4 is 0 Å². The first-order valence-electron chi connectivity index (χ1n) is 7.62. The van der Waals surface area contributed by atoms with Crippen molar-refractivity contribution in [1.82, 2.24) is 10.3 Å². The zero-order valence-electron chi connectivity index (χ0n) is 13.8. The van der Waals surface area contributed by atoms with E-state index in [2.05, 4.69) is 74.4 Å². The summed E-state index contributed by atoms with van der Waals surface area (Å²) in [6, 6.07) is 15.4. The van der Waals surface area contributed by atoms with Crippen LogP contribution in [0.2, 0.25) is 0 Å². The van der Waals surface area contributed by atoms with E-state index in [9.17, 15) is 0 Å². The minimum Gasteiger partial charge on any atom is -0.305 e. The number of rotatable bonds is 4. The highest BCUT2D eigenvalue weighted by Gasteiger charge is 2.13. The number of aromatic nitrogens is 1. The minimum atomic E-state index is 0.209. The summed E-state index contributed by atoms with van der Waals surface area (Å²) >= 11 is 0. The van der Waals surface area contributed by atoms with E-state index in [-0.39, 0.29) is 5.41 Å². The number of nitrogens with zero attached hydrogens (tertiary/aromatic N) is 1. The average molecular weight is 282 g/mol. The van der Waals surface area contributed by atoms with Crippen LogP contribution in [0.4, 0.5) is 0 Å². The van der Waals surface area contributed by atoms with E-state index in [1.165, 1.54) is 11.1 Å². The second-order valence-electron chi connectivity index (χ2n) is 6.74. The Morgan fingerprint density at radius 2 is 1.71 bits per heavy atom. The van der Waals surface area contributed by atoms with Gasteiger partial charge in [-0.2, -0.15) is 0 Å². The average Bonchev–Trinajstić information content (AvgIpc) is 2.44. The Morgan fingerprint density at radius 1 is 1.05 bits per heavy atom. The van der Waals surface area contributed by atoms with Crippen LogP contribution >= 0.6 is 0 Å². The molecule has 1 N–H and O–H groups in total. The van der Waals surface area contributed by atoms with Gasteiger partial charge in [0, 0.05) is 18.3 Å². The van der Waals surface area contributed by atoms with Crippen molar-refractivity contribution in [2.75, 3.05) is 0 Å². The first kappa shape index (κ1) is 15.7. The van der Waals surface area contributed by atoms with Crippen molar-refractivity contribution in [3.05, 3.63) is 65.0 Å². The molecule has 0 bridgehead atoms. The van der Waals surface area contributed by atoms with Gasteiger partial charge in [0.15, 0.2) is 0 Å². The fourth-order valence-electron chi connectivity index (χ4n) is 2.35. The van der Waals surface area contributed by atoms with Gasteiger partial charge in [-0.25, -0.2) is 0 Å². The molecule has 2 aromatic rings. The predicted octanol–water partition coefficient (Wildman–Crippen LogP) is 4.54. The maximum Gasteiger partial charge on any atom is 0.0545 e. The summed E-state index contributed by atoms with van der Waals surface area (Å²) in [4.78, 5) is 4.52. The van der Waals surface area contributed by atoms with E-state index in [0.717, 1.165) is 17.9 Å². The predicted molar refractivity (Wildman–Crippen MR) is 89.4 cm³/mol. The third kappa shape index (κ3) is 4.40. The van der Waals surface area contributed by atoms with Gasteiger partial charge < -0.3 is 5.32 Å². The smallest absolute Gasteiger partial charge is 0.0545 e. The molecule has 1 heterocycles. The van der Waals surface area contributed by atoms with E-state index in [1.807, 2.05) is 13.0 Å². The van der Waals surface area contributed by atoms with Gasteiger partial charge in [0.25, 0.3) is 0 Å². The van der Waals surface area contributed by atoms with Crippen LogP contribution in [0.25, 0.3) is 0 Å². The lowest BCUT2D eigenvalue weighted by molar-refractivity contribution is 0.563. The molecule has 0 radical (unpaired) electrons. The van der Waals surface area contributed by atoms with Gasteiger partial charge in [-0.3, -0.25) is 4.98 Å². The normalized spacial score (nSPS) is 13.2. The standard InChI is InChI=1S/C19H26N2/c1-14-7-6-8-18(21-14)13-20-15(2)16-9-11-17(12-10-16)19(3,4)5/h6-12,15,20H,13H2,1-5H3. The zero-order chi connectivity index (χ0) is 15.5. The molecule has 1 aromatic carbocycles. The Hall–Kier alpha value is -1.67. The van der Waals surface area contributed by atoms with Gasteiger partial charge in [0.2, 0.25) is 0 Å². The molecule has 0 spiro atoms. The molecule has 0 aliphatic heterocycles. The minimum absolute atomic E-state index is 0.209. The summed E-state index contributed by atoms with van der Waals surface area (Å²) in [5.74, 6) is 0. The molecule has 1 aromatic heterocycles. The molecule has 2 rings (SSSR count). The largest absolute Gasteiger partial charge is 0.305 e. The summed E-state index contributed by atoms with van der Waals surface area (Å²) in [6.07, 6.45) is 0. The van der Waals surface area contributed by atoms with Crippen LogP contribution in [0.3, 0.4) is 0 Å². The number of hydrogen-bond acceptors (Lipinski definition) is 2. The van der Waals surface area contributed by atoms with Crippen LogP contribution in [0, 0.1) is 6.92 Å². The van der Waals surface area contributed by atoms with E-state index in [0.29, 0.717) is 6.04 Å². The van der Waals surface area contributed by atoms with Gasteiger partial charge in [-0.1, -0.05) is 51.1 Å². The second-order valence-corrected chi connectivity index (χ2v) is 6.74. The van der Waals surface area contributed by atoms with Crippen molar-refractivity contribution in [3.63, 3.8) is 0 Å². The molecule has 112 valence electrons. The monoisotopic (exact) mass is 282 g/mol. The van der Waals surface area contributed by atoms with E-state index >= 15 is 0 Å². The summed E-state index contributed by atoms with van der Waals surface area (Å²) < 4.78 is 0. The molecule has 0 aliphatic rings. The van der Waals surface area contributed by atoms with Crippen molar-refractivity contribution in [2.45, 2.75) is 52.6 Å². The van der Waals surface area contributed by atoms with E-state index < -0.39 is 0 Å². The highest BCUT2D eigenvalue weighted by atomic mass is 14.9. The molecule has 0 fully saturated rings. The van der Waals surface area contributed by atoms with E-state index in [1.54, 1.807) is 0 Å². The highest BCUT2D eigenvalue weighted by molar-refractivity contribution is 5.29. The van der Waals surface area contributed by atoms with Crippen LogP contribution in [-0.2, 0) is 12.0 Å². The van der Waals surface area contributed by atoms with E-state index in [4.69, 9.17) is 0 Å². The maximum absolute atomic E-state index is 4.52. The number of hydrogen-bond donors (Lipinski definition) is 1. The van der Waals surface area contributed by atoms with Crippen LogP contribution in [0.15, 0.2) is 42.5 Å². The zero-order valence-corrected chi connectivity index (χ0v) is 13.8. The van der Waals surface area contributed by atoms with Crippen LogP contribution in [0.1, 0.15) is 56.3 Å². The van der Waals surface area contributed by atoms with Gasteiger partial charge in [0.05, 0.1) is 5.69 Å². The molecule has 0 aliphatic carbocycles. The topological polar surface area (TPSA) is 24.9 Å². The summed E-state index contributed by atoms with van der Waals surface area (Å²) in [7, 11) is 0. The van der Waals surface area contributed by atoms with Crippen molar-refractivity contribution < 1.29 is 0 Å². The molecule has 2 nitrogen and oxygen atoms in total. The summed E-state index contributed by atoms with van der Waals surface area (Å²) in [5.41, 5.74) is 5.06. The van der Waals surface area contributed by atoms with Gasteiger partial charge in [-0.05, 0) is 42.5 Å². The molecular weight excluding hydrogens is 256 g/mol. The Kier molecular flexibility index (Phi) is 4.79. The Bertz CT molecular complexity index is 579. The lowest BCUT2D eigenvalue weighted by atomic mass is 9.86. The first-order chi connectivity index (χ1) is 9.86. The molecule has 21 heavy (non-hydrogen) atoms. The third-order valence-corrected chi connectivity index (χ3v) is 3.81. The van der Waals surface area contributed by atoms with Crippen LogP contribution in [0.5, 0.6) is 0 Å². The van der Waals surface area contributed by atoms with Gasteiger partial charge >= 0.3 is 0 Å². The highest BCUT2D eigenvalue weighted by Crippen LogP contribution is 2.23. The molecule has 1 unspecified atom stereocenters. The van der Waals surface area contributed by atoms with Gasteiger partial charge in [0.1, 0.15) is 0 Å². The molecule has 0 saturated heterocycles. The summed E-state index contributed by atoms with van der Waals surface area (Å²) in [6.45, 7) is 11.7. The van der Waals surface area contributed by atoms with Crippen LogP contribution in [-0.4, -0.2) is 4.98 Å². The molecule has 0 saturated carbocycles. The number of aryl methyl sites for hydroxylation is 1. The lowest BCUT2D eigenvalue weighted by Crippen LogP contribution is -2.19. The Balaban J connectivity index is 1.99. The SMILES string of the molecule is Cc1cccc(CNC(C)c2ccc(C(C)(C)C)cc2)n1. The molecular formula is C19H26N2. The maximum atomic E-state index is 4.52. The van der Waals surface area contributed by atoms with Crippen molar-refractivity contribution in [1.29, 1.82) is 0 Å². The molecule has 1 atom stereocenters. The molecule has 2 heteroatoms. The van der Waals surface area contributed by atoms with Crippen LogP contribution < -0.4 is 5.32 Å². The second kappa shape index (κ2) is 6.40. The quantitative estimate of drug-likeness (QED) is 0.890. The number of pyridine rings is 1. The van der Waals surface area contributed by atoms with Gasteiger partial charge in [-0.15, -0.1) is 0 Å². The Morgan fingerprint density at radius 3 is 2.29 bits per heavy atom. The fourth-order valence-corrected chi connectivity index (χ4v) is 2.35. The molecule has 0 amide bonds. The van der Waals surface area contributed by atoms with Crippen molar-refractivity contribution in [3.8, 4) is 0 Å². The summed E-state index contributed by atoms with van der Waals surface area (Å²) in [5, 5.41) is 3.54. The van der Waals surface area contributed by atoms with Crippen molar-refractivity contribution in [2.24, 2.45) is 0 Å². The fraction of sp³-hybridized carbons (Fsp3) is 0.421.